The van der Waals surface area contributed by atoms with Crippen LogP contribution in [0.15, 0.2) is 106 Å². The topological polar surface area (TPSA) is 105 Å². The van der Waals surface area contributed by atoms with E-state index in [9.17, 15) is 9.59 Å². The molecule has 0 radical (unpaired) electrons. The number of unbranched alkanes of at least 4 members (excludes halogenated alkanes) is 18. The van der Waals surface area contributed by atoms with E-state index in [0.717, 1.165) is 70.3 Å². The Morgan fingerprint density at radius 3 is 1.02 bits per heavy atom. The van der Waals surface area contributed by atoms with E-state index >= 15 is 0 Å². The molecule has 2 aromatic heterocycles. The van der Waals surface area contributed by atoms with Gasteiger partial charge in [0.25, 0.3) is 0 Å². The van der Waals surface area contributed by atoms with Crippen LogP contribution < -0.4 is 9.47 Å². The van der Waals surface area contributed by atoms with E-state index < -0.39 is 0 Å². The summed E-state index contributed by atoms with van der Waals surface area (Å²) >= 11 is 0. The number of carbonyl (C=O) groups excluding carboxylic acids is 2. The standard InChI is InChI=1S/C58H68N2O6/c1-3-5-7-9-11-13-15-17-19-21-39-63-49-35-31-45(32-36-49)51-53-56(66-57(59-53)47-27-23-43(41-61)24-28-47)52(54-55(51)65-58(60-54)48-29-25-44(42-62)26-30-48)46-33-37-50(38-34-46)64-40-22-20-18-16-14-12-10-8-6-4-2/h23-38,41-42H,3-22,39-40H2,1-2H3. The predicted molar refractivity (Wildman–Crippen MR) is 269 cm³/mol. The highest BCUT2D eigenvalue weighted by atomic mass is 16.5. The van der Waals surface area contributed by atoms with Crippen LogP contribution in [0.4, 0.5) is 0 Å². The van der Waals surface area contributed by atoms with E-state index in [1.165, 1.54) is 116 Å². The molecule has 0 unspecified atom stereocenters. The molecule has 0 amide bonds. The van der Waals surface area contributed by atoms with E-state index in [-0.39, 0.29) is 0 Å². The lowest BCUT2D eigenvalue weighted by Gasteiger charge is -2.11. The molecule has 0 fully saturated rings. The molecule has 0 aliphatic heterocycles. The molecule has 0 aliphatic rings. The summed E-state index contributed by atoms with van der Waals surface area (Å²) in [5, 5.41) is 0. The molecule has 0 bridgehead atoms. The van der Waals surface area contributed by atoms with Gasteiger partial charge < -0.3 is 18.3 Å². The minimum absolute atomic E-state index is 0.412. The zero-order valence-corrected chi connectivity index (χ0v) is 39.3. The van der Waals surface area contributed by atoms with Gasteiger partial charge in [0.05, 0.1) is 24.3 Å². The van der Waals surface area contributed by atoms with Gasteiger partial charge >= 0.3 is 0 Å². The number of ether oxygens (including phenoxy) is 2. The quantitative estimate of drug-likeness (QED) is 0.0325. The smallest absolute Gasteiger partial charge is 0.227 e. The van der Waals surface area contributed by atoms with Crippen LogP contribution in [0.1, 0.15) is 163 Å². The molecule has 346 valence electrons. The van der Waals surface area contributed by atoms with Crippen molar-refractivity contribution < 1.29 is 27.9 Å². The third-order valence-electron chi connectivity index (χ3n) is 12.6. The molecule has 7 aromatic rings. The maximum atomic E-state index is 11.5. The average Bonchev–Trinajstić information content (AvgIpc) is 4.00. The Bertz CT molecular complexity index is 2300. The second kappa shape index (κ2) is 25.6. The first-order chi connectivity index (χ1) is 32.6. The molecule has 2 heterocycles. The molecule has 0 N–H and O–H groups in total. The van der Waals surface area contributed by atoms with Crippen LogP contribution in [0.2, 0.25) is 0 Å². The summed E-state index contributed by atoms with van der Waals surface area (Å²) in [6.07, 6.45) is 27.2. The number of aldehydes is 2. The van der Waals surface area contributed by atoms with Crippen LogP contribution >= 0.6 is 0 Å². The largest absolute Gasteiger partial charge is 0.494 e. The Morgan fingerprint density at radius 1 is 0.394 bits per heavy atom. The highest BCUT2D eigenvalue weighted by Crippen LogP contribution is 2.46. The average molecular weight is 889 g/mol. The van der Waals surface area contributed by atoms with Gasteiger partial charge in [-0.1, -0.05) is 178 Å². The third kappa shape index (κ3) is 13.1. The SMILES string of the molecule is CCCCCCCCCCCCOc1ccc(-c2c3nc(-c4ccc(C=O)cc4)oc3c(-c3ccc(OCCCCCCCCCCCC)cc3)c3nc(-c4ccc(C=O)cc4)oc23)cc1. The zero-order chi connectivity index (χ0) is 45.8. The van der Waals surface area contributed by atoms with E-state index in [0.29, 0.717) is 58.3 Å². The van der Waals surface area contributed by atoms with Gasteiger partial charge in [0, 0.05) is 22.3 Å². The number of rotatable bonds is 30. The maximum absolute atomic E-state index is 11.5. The second-order valence-electron chi connectivity index (χ2n) is 17.7. The first-order valence-corrected chi connectivity index (χ1v) is 24.9. The van der Waals surface area contributed by atoms with Gasteiger partial charge in [-0.05, 0) is 72.5 Å². The fourth-order valence-electron chi connectivity index (χ4n) is 8.72. The normalized spacial score (nSPS) is 11.4. The number of hydrogen-bond donors (Lipinski definition) is 0. The lowest BCUT2D eigenvalue weighted by atomic mass is 9.96. The van der Waals surface area contributed by atoms with Crippen LogP contribution in [0.25, 0.3) is 67.4 Å². The molecule has 0 aliphatic carbocycles. The monoisotopic (exact) mass is 889 g/mol. The minimum atomic E-state index is 0.412. The minimum Gasteiger partial charge on any atom is -0.494 e. The second-order valence-corrected chi connectivity index (χ2v) is 17.7. The fourth-order valence-corrected chi connectivity index (χ4v) is 8.72. The van der Waals surface area contributed by atoms with Gasteiger partial charge in [-0.2, -0.15) is 0 Å². The third-order valence-corrected chi connectivity index (χ3v) is 12.6. The molecule has 0 saturated heterocycles. The Hall–Kier alpha value is -6.02. The highest BCUT2D eigenvalue weighted by Gasteiger charge is 2.27. The number of hydrogen-bond acceptors (Lipinski definition) is 8. The van der Waals surface area contributed by atoms with Gasteiger partial charge in [-0.25, -0.2) is 9.97 Å². The Labute approximate surface area is 391 Å². The van der Waals surface area contributed by atoms with Gasteiger partial charge in [-0.3, -0.25) is 9.59 Å². The number of fused-ring (bicyclic) bond motifs is 2. The zero-order valence-electron chi connectivity index (χ0n) is 39.3. The lowest BCUT2D eigenvalue weighted by molar-refractivity contribution is 0.111. The molecule has 5 aromatic carbocycles. The summed E-state index contributed by atoms with van der Waals surface area (Å²) in [4.78, 5) is 33.4. The number of benzene rings is 5. The molecule has 0 atom stereocenters. The van der Waals surface area contributed by atoms with Crippen molar-refractivity contribution in [1.29, 1.82) is 0 Å². The van der Waals surface area contributed by atoms with Crippen molar-refractivity contribution in [3.8, 4) is 56.7 Å². The van der Waals surface area contributed by atoms with Crippen molar-refractivity contribution in [3.63, 3.8) is 0 Å². The van der Waals surface area contributed by atoms with Crippen LogP contribution in [-0.2, 0) is 0 Å². The Morgan fingerprint density at radius 2 is 0.697 bits per heavy atom. The van der Waals surface area contributed by atoms with Crippen LogP contribution in [0.3, 0.4) is 0 Å². The van der Waals surface area contributed by atoms with Crippen molar-refractivity contribution in [2.75, 3.05) is 13.2 Å². The van der Waals surface area contributed by atoms with Crippen molar-refractivity contribution in [2.45, 2.75) is 142 Å². The maximum Gasteiger partial charge on any atom is 0.227 e. The van der Waals surface area contributed by atoms with Gasteiger partial charge in [-0.15, -0.1) is 0 Å². The Balaban J connectivity index is 1.15. The number of oxazole rings is 2. The number of carbonyl (C=O) groups is 2. The molecule has 8 heteroatoms. The first kappa shape index (κ1) is 47.9. The molecule has 0 spiro atoms. The molecule has 66 heavy (non-hydrogen) atoms. The van der Waals surface area contributed by atoms with Crippen LogP contribution in [0, 0.1) is 0 Å². The summed E-state index contributed by atoms with van der Waals surface area (Å²) in [6.45, 7) is 5.87. The van der Waals surface area contributed by atoms with Gasteiger partial charge in [0.1, 0.15) is 35.1 Å². The van der Waals surface area contributed by atoms with Crippen molar-refractivity contribution >= 4 is 34.8 Å². The van der Waals surface area contributed by atoms with E-state index in [1.54, 1.807) is 24.3 Å². The molecule has 0 saturated carbocycles. The van der Waals surface area contributed by atoms with Crippen LogP contribution in [-0.4, -0.2) is 35.8 Å². The van der Waals surface area contributed by atoms with Crippen molar-refractivity contribution in [3.05, 3.63) is 108 Å². The summed E-state index contributed by atoms with van der Waals surface area (Å²) < 4.78 is 26.0. The van der Waals surface area contributed by atoms with E-state index in [1.807, 2.05) is 72.8 Å². The van der Waals surface area contributed by atoms with Crippen LogP contribution in [0.5, 0.6) is 11.5 Å². The van der Waals surface area contributed by atoms with Crippen molar-refractivity contribution in [1.82, 2.24) is 9.97 Å². The van der Waals surface area contributed by atoms with E-state index in [2.05, 4.69) is 13.8 Å². The van der Waals surface area contributed by atoms with Gasteiger partial charge in [0.15, 0.2) is 11.2 Å². The highest BCUT2D eigenvalue weighted by molar-refractivity contribution is 6.16. The summed E-state index contributed by atoms with van der Waals surface area (Å²) in [6, 6.07) is 30.6. The summed E-state index contributed by atoms with van der Waals surface area (Å²) in [5.74, 6) is 2.43. The number of aromatic nitrogens is 2. The molecular weight excluding hydrogens is 821 g/mol. The summed E-state index contributed by atoms with van der Waals surface area (Å²) in [7, 11) is 0. The lowest BCUT2D eigenvalue weighted by Crippen LogP contribution is -1.97. The molecular formula is C58H68N2O6. The Kier molecular flexibility index (Phi) is 18.6. The van der Waals surface area contributed by atoms with E-state index in [4.69, 9.17) is 28.3 Å². The first-order valence-electron chi connectivity index (χ1n) is 24.9. The fraction of sp³-hybridized carbons (Fsp3) is 0.414. The molecule has 8 nitrogen and oxygen atoms in total. The predicted octanol–water partition coefficient (Wildman–Crippen LogP) is 16.9. The molecule has 7 rings (SSSR count). The number of nitrogens with zero attached hydrogens (tertiary/aromatic N) is 2. The van der Waals surface area contributed by atoms with Gasteiger partial charge in [0.2, 0.25) is 11.8 Å². The van der Waals surface area contributed by atoms with Crippen molar-refractivity contribution in [2.24, 2.45) is 0 Å². The summed E-state index contributed by atoms with van der Waals surface area (Å²) in [5.41, 5.74) is 8.18.